The van der Waals surface area contributed by atoms with Crippen LogP contribution in [0.25, 0.3) is 108 Å². The van der Waals surface area contributed by atoms with Crippen LogP contribution in [0.1, 0.15) is 0 Å². The second-order valence-corrected chi connectivity index (χ2v) is 14.3. The minimum Gasteiger partial charge on any atom is -0.307 e. The highest BCUT2D eigenvalue weighted by molar-refractivity contribution is 7.26. The second-order valence-electron chi connectivity index (χ2n) is 13.2. The fourth-order valence-electron chi connectivity index (χ4n) is 8.98. The predicted octanol–water partition coefficient (Wildman–Crippen LogP) is 13.1. The molecule has 49 heavy (non-hydrogen) atoms. The van der Waals surface area contributed by atoms with E-state index in [1.807, 2.05) is 11.3 Å². The van der Waals surface area contributed by atoms with Gasteiger partial charge in [0.1, 0.15) is 0 Å². The number of benzene rings is 8. The van der Waals surface area contributed by atoms with Crippen molar-refractivity contribution < 1.29 is 0 Å². The normalized spacial score (nSPS) is 12.5. The molecule has 0 aliphatic carbocycles. The maximum Gasteiger partial charge on any atom is 0.0795 e. The molecule has 0 radical (unpaired) electrons. The van der Waals surface area contributed by atoms with Gasteiger partial charge >= 0.3 is 0 Å². The van der Waals surface area contributed by atoms with Crippen LogP contribution in [0.3, 0.4) is 0 Å². The van der Waals surface area contributed by atoms with Crippen molar-refractivity contribution in [1.29, 1.82) is 0 Å². The highest BCUT2D eigenvalue weighted by Gasteiger charge is 2.27. The lowest BCUT2D eigenvalue weighted by Gasteiger charge is -2.17. The van der Waals surface area contributed by atoms with E-state index in [-0.39, 0.29) is 0 Å². The molecule has 4 heterocycles. The molecule has 0 saturated carbocycles. The minimum absolute atomic E-state index is 1.20. The van der Waals surface area contributed by atoms with Crippen LogP contribution in [0.15, 0.2) is 158 Å². The van der Waals surface area contributed by atoms with Gasteiger partial charge in [0, 0.05) is 58.1 Å². The zero-order chi connectivity index (χ0) is 31.8. The van der Waals surface area contributed by atoms with Crippen LogP contribution in [0, 0.1) is 0 Å². The van der Waals surface area contributed by atoms with E-state index in [2.05, 4.69) is 167 Å². The van der Waals surface area contributed by atoms with Crippen LogP contribution >= 0.6 is 11.3 Å². The third kappa shape index (κ3) is 3.17. The summed E-state index contributed by atoms with van der Waals surface area (Å²) in [5.74, 6) is 0. The maximum atomic E-state index is 2.59. The van der Waals surface area contributed by atoms with Crippen molar-refractivity contribution in [1.82, 2.24) is 8.97 Å². The first-order chi connectivity index (χ1) is 24.4. The van der Waals surface area contributed by atoms with Gasteiger partial charge in [0.15, 0.2) is 0 Å². The lowest BCUT2D eigenvalue weighted by Crippen LogP contribution is -1.99. The molecular formula is C46H26N2S. The molecule has 3 heteroatoms. The highest BCUT2D eigenvalue weighted by Crippen LogP contribution is 2.50. The average molecular weight is 639 g/mol. The molecule has 0 N–H and O–H groups in total. The summed E-state index contributed by atoms with van der Waals surface area (Å²) in [7, 11) is 0. The Bertz CT molecular complexity index is 3320. The van der Waals surface area contributed by atoms with Gasteiger partial charge in [-0.15, -0.1) is 11.3 Å². The first-order valence-electron chi connectivity index (χ1n) is 16.9. The fourth-order valence-corrected chi connectivity index (χ4v) is 10.1. The zero-order valence-electron chi connectivity index (χ0n) is 26.3. The van der Waals surface area contributed by atoms with Gasteiger partial charge in [0.2, 0.25) is 0 Å². The largest absolute Gasteiger partial charge is 0.307 e. The molecule has 0 aliphatic heterocycles. The lowest BCUT2D eigenvalue weighted by molar-refractivity contribution is 1.19. The molecule has 0 aliphatic rings. The van der Waals surface area contributed by atoms with E-state index in [0.717, 1.165) is 0 Å². The Kier molecular flexibility index (Phi) is 4.89. The summed E-state index contributed by atoms with van der Waals surface area (Å²) in [6, 6.07) is 58.5. The number of hydrogen-bond acceptors (Lipinski definition) is 1. The molecule has 8 aromatic carbocycles. The molecule has 226 valence electrons. The Morgan fingerprint density at radius 2 is 0.959 bits per heavy atom. The Morgan fingerprint density at radius 3 is 1.78 bits per heavy atom. The number of thiophene rings is 1. The number of nitrogens with zero attached hydrogens (tertiary/aromatic N) is 2. The maximum absolute atomic E-state index is 2.59. The Balaban J connectivity index is 1.42. The standard InChI is InChI=1S/C46H26N2S/c1-2-13-27(14-3-1)40-37(25-26-39-43(40)33-19-8-11-24-38(33)49-39)47-36-23-10-7-18-32(36)41-29-16-4-5-17-30(29)42-34-21-12-20-31-28-15-6-9-22-35(28)48(44(31)34)46(42)45(41)47/h1-26H. The molecule has 12 rings (SSSR count). The summed E-state index contributed by atoms with van der Waals surface area (Å²) in [4.78, 5) is 0. The summed E-state index contributed by atoms with van der Waals surface area (Å²) in [6.07, 6.45) is 0. The minimum atomic E-state index is 1.20. The number of para-hydroxylation sites is 3. The van der Waals surface area contributed by atoms with E-state index in [1.54, 1.807) is 0 Å². The van der Waals surface area contributed by atoms with Gasteiger partial charge in [-0.3, -0.25) is 0 Å². The van der Waals surface area contributed by atoms with Crippen molar-refractivity contribution in [3.05, 3.63) is 158 Å². The van der Waals surface area contributed by atoms with Gasteiger partial charge in [-0.2, -0.15) is 0 Å². The second kappa shape index (κ2) is 9.25. The van der Waals surface area contributed by atoms with Crippen molar-refractivity contribution in [2.45, 2.75) is 0 Å². The van der Waals surface area contributed by atoms with E-state index in [4.69, 9.17) is 0 Å². The number of hydrogen-bond donors (Lipinski definition) is 0. The van der Waals surface area contributed by atoms with Crippen LogP contribution < -0.4 is 0 Å². The van der Waals surface area contributed by atoms with Gasteiger partial charge in [0.25, 0.3) is 0 Å². The molecule has 0 bridgehead atoms. The van der Waals surface area contributed by atoms with E-state index in [1.165, 1.54) is 108 Å². The zero-order valence-corrected chi connectivity index (χ0v) is 27.1. The van der Waals surface area contributed by atoms with E-state index in [9.17, 15) is 0 Å². The summed E-state index contributed by atoms with van der Waals surface area (Å²) < 4.78 is 7.79. The monoisotopic (exact) mass is 638 g/mol. The molecule has 2 nitrogen and oxygen atoms in total. The Morgan fingerprint density at radius 1 is 0.347 bits per heavy atom. The van der Waals surface area contributed by atoms with Crippen LogP contribution in [0.4, 0.5) is 0 Å². The Hall–Kier alpha value is -6.16. The van der Waals surface area contributed by atoms with E-state index >= 15 is 0 Å². The molecule has 0 fully saturated rings. The quantitative estimate of drug-likeness (QED) is 0.178. The molecule has 0 atom stereocenters. The average Bonchev–Trinajstić information content (AvgIpc) is 3.91. The summed E-state index contributed by atoms with van der Waals surface area (Å²) in [6.45, 7) is 0. The Labute approximate surface area is 284 Å². The van der Waals surface area contributed by atoms with Crippen LogP contribution in [-0.2, 0) is 0 Å². The molecule has 0 saturated heterocycles. The number of aromatic nitrogens is 2. The number of fused-ring (bicyclic) bond motifs is 16. The van der Waals surface area contributed by atoms with E-state index < -0.39 is 0 Å². The van der Waals surface area contributed by atoms with Crippen LogP contribution in [0.2, 0.25) is 0 Å². The van der Waals surface area contributed by atoms with Crippen LogP contribution in [0.5, 0.6) is 0 Å². The predicted molar refractivity (Wildman–Crippen MR) is 211 cm³/mol. The molecule has 12 aromatic rings. The summed E-state index contributed by atoms with van der Waals surface area (Å²) in [5, 5.41) is 13.0. The third-order valence-corrected chi connectivity index (χ3v) is 12.0. The topological polar surface area (TPSA) is 9.34 Å². The third-order valence-electron chi connectivity index (χ3n) is 10.8. The van der Waals surface area contributed by atoms with Crippen LogP contribution in [-0.4, -0.2) is 8.97 Å². The molecule has 4 aromatic heterocycles. The first kappa shape index (κ1) is 25.9. The van der Waals surface area contributed by atoms with E-state index in [0.29, 0.717) is 0 Å². The molecule has 0 unspecified atom stereocenters. The molecular weight excluding hydrogens is 613 g/mol. The smallest absolute Gasteiger partial charge is 0.0795 e. The van der Waals surface area contributed by atoms with Gasteiger partial charge in [-0.05, 0) is 46.7 Å². The lowest BCUT2D eigenvalue weighted by atomic mass is 9.96. The van der Waals surface area contributed by atoms with Gasteiger partial charge in [-0.25, -0.2) is 0 Å². The highest BCUT2D eigenvalue weighted by atomic mass is 32.1. The summed E-state index contributed by atoms with van der Waals surface area (Å²) in [5.41, 5.74) is 10.0. The summed E-state index contributed by atoms with van der Waals surface area (Å²) >= 11 is 1.88. The van der Waals surface area contributed by atoms with Gasteiger partial charge in [0.05, 0.1) is 33.3 Å². The van der Waals surface area contributed by atoms with Crippen molar-refractivity contribution in [3.63, 3.8) is 0 Å². The van der Waals surface area contributed by atoms with Crippen molar-refractivity contribution in [2.75, 3.05) is 0 Å². The van der Waals surface area contributed by atoms with Crippen molar-refractivity contribution in [3.8, 4) is 16.8 Å². The van der Waals surface area contributed by atoms with Crippen molar-refractivity contribution in [2.24, 2.45) is 0 Å². The fraction of sp³-hybridized carbons (Fsp3) is 0. The molecule has 0 amide bonds. The first-order valence-corrected chi connectivity index (χ1v) is 17.7. The SMILES string of the molecule is c1ccc(-c2c(-n3c4ccccc4c4c5ccccc5c5c6cccc7c8ccccc8n(c76)c5c43)ccc3sc4ccccc4c23)cc1. The van der Waals surface area contributed by atoms with Crippen molar-refractivity contribution >= 4 is 102 Å². The van der Waals surface area contributed by atoms with Gasteiger partial charge in [-0.1, -0.05) is 127 Å². The number of rotatable bonds is 2. The van der Waals surface area contributed by atoms with Gasteiger partial charge < -0.3 is 8.97 Å². The molecule has 0 spiro atoms.